The summed E-state index contributed by atoms with van der Waals surface area (Å²) in [6.45, 7) is 2.02. The van der Waals surface area contributed by atoms with Crippen LogP contribution in [0.2, 0.25) is 0 Å². The van der Waals surface area contributed by atoms with Crippen LogP contribution in [0.5, 0.6) is 0 Å². The summed E-state index contributed by atoms with van der Waals surface area (Å²) in [7, 11) is 3.59. The number of ether oxygens (including phenoxy) is 1. The van der Waals surface area contributed by atoms with E-state index in [1.807, 2.05) is 11.9 Å². The van der Waals surface area contributed by atoms with E-state index in [0.717, 1.165) is 13.0 Å². The molecule has 0 fully saturated rings. The van der Waals surface area contributed by atoms with Crippen LogP contribution in [0.4, 0.5) is 4.39 Å². The second kappa shape index (κ2) is 7.08. The lowest BCUT2D eigenvalue weighted by Crippen LogP contribution is -2.22. The summed E-state index contributed by atoms with van der Waals surface area (Å²) in [4.78, 5) is 2.02. The van der Waals surface area contributed by atoms with E-state index in [9.17, 15) is 4.39 Å². The van der Waals surface area contributed by atoms with Crippen molar-refractivity contribution in [3.63, 3.8) is 0 Å². The summed E-state index contributed by atoms with van der Waals surface area (Å²) in [6, 6.07) is 4.96. The van der Waals surface area contributed by atoms with Crippen LogP contribution in [0.3, 0.4) is 0 Å². The Morgan fingerprint density at radius 3 is 2.83 bits per heavy atom. The molecule has 0 aliphatic rings. The van der Waals surface area contributed by atoms with Gasteiger partial charge in [-0.1, -0.05) is 12.1 Å². The zero-order valence-corrected chi connectivity index (χ0v) is 10.9. The molecule has 0 saturated heterocycles. The van der Waals surface area contributed by atoms with Gasteiger partial charge in [0.2, 0.25) is 0 Å². The fourth-order valence-corrected chi connectivity index (χ4v) is 1.76. The Kier molecular flexibility index (Phi) is 5.74. The van der Waals surface area contributed by atoms with E-state index in [1.54, 1.807) is 19.2 Å². The lowest BCUT2D eigenvalue weighted by Gasteiger charge is -2.17. The normalized spacial score (nSPS) is 10.9. The van der Waals surface area contributed by atoms with Gasteiger partial charge in [-0.25, -0.2) is 4.39 Å². The molecule has 0 unspecified atom stereocenters. The third-order valence-electron chi connectivity index (χ3n) is 2.70. The van der Waals surface area contributed by atoms with Crippen LogP contribution in [0.15, 0.2) is 18.2 Å². The van der Waals surface area contributed by atoms with Crippen molar-refractivity contribution in [1.82, 2.24) is 4.90 Å². The fraction of sp³-hybridized carbons (Fsp3) is 0.462. The lowest BCUT2D eigenvalue weighted by molar-refractivity contribution is 0.178. The maximum atomic E-state index is 14.0. The minimum absolute atomic E-state index is 0.165. The number of nitrogens with two attached hydrogens (primary N) is 1. The number of amidine groups is 1. The summed E-state index contributed by atoms with van der Waals surface area (Å²) in [5.41, 5.74) is 6.05. The van der Waals surface area contributed by atoms with Crippen molar-refractivity contribution in [3.05, 3.63) is 35.1 Å². The molecule has 0 saturated carbocycles. The van der Waals surface area contributed by atoms with Crippen LogP contribution < -0.4 is 5.73 Å². The lowest BCUT2D eigenvalue weighted by atomic mass is 10.1. The number of nitrogen functional groups attached to an aromatic ring is 1. The van der Waals surface area contributed by atoms with Crippen molar-refractivity contribution < 1.29 is 9.13 Å². The van der Waals surface area contributed by atoms with E-state index in [0.29, 0.717) is 18.7 Å². The van der Waals surface area contributed by atoms with Crippen LogP contribution in [-0.2, 0) is 11.3 Å². The van der Waals surface area contributed by atoms with Gasteiger partial charge in [0.15, 0.2) is 0 Å². The van der Waals surface area contributed by atoms with E-state index in [2.05, 4.69) is 0 Å². The maximum Gasteiger partial charge on any atom is 0.138 e. The molecule has 0 aromatic heterocycles. The molecule has 0 bridgehead atoms. The highest BCUT2D eigenvalue weighted by Crippen LogP contribution is 2.14. The summed E-state index contributed by atoms with van der Waals surface area (Å²) in [6.07, 6.45) is 0.904. The van der Waals surface area contributed by atoms with Crippen molar-refractivity contribution in [3.8, 4) is 0 Å². The summed E-state index contributed by atoms with van der Waals surface area (Å²) >= 11 is 0. The smallest absolute Gasteiger partial charge is 0.138 e. The summed E-state index contributed by atoms with van der Waals surface area (Å²) < 4.78 is 19.0. The van der Waals surface area contributed by atoms with Gasteiger partial charge < -0.3 is 15.4 Å². The van der Waals surface area contributed by atoms with Crippen LogP contribution in [-0.4, -0.2) is 38.0 Å². The molecular weight excluding hydrogens is 233 g/mol. The first-order chi connectivity index (χ1) is 8.56. The minimum Gasteiger partial charge on any atom is -0.385 e. The number of halogens is 1. The minimum atomic E-state index is -0.399. The predicted molar refractivity (Wildman–Crippen MR) is 70.2 cm³/mol. The quantitative estimate of drug-likeness (QED) is 0.440. The topological polar surface area (TPSA) is 62.3 Å². The molecule has 0 heterocycles. The van der Waals surface area contributed by atoms with Gasteiger partial charge in [0.1, 0.15) is 11.7 Å². The maximum absolute atomic E-state index is 14.0. The Morgan fingerprint density at radius 1 is 1.50 bits per heavy atom. The van der Waals surface area contributed by atoms with Gasteiger partial charge >= 0.3 is 0 Å². The van der Waals surface area contributed by atoms with E-state index in [4.69, 9.17) is 15.9 Å². The average molecular weight is 253 g/mol. The molecule has 100 valence electrons. The highest BCUT2D eigenvalue weighted by Gasteiger charge is 2.11. The van der Waals surface area contributed by atoms with Gasteiger partial charge in [0.05, 0.1) is 5.56 Å². The first kappa shape index (κ1) is 14.6. The highest BCUT2D eigenvalue weighted by atomic mass is 19.1. The largest absolute Gasteiger partial charge is 0.385 e. The molecule has 0 radical (unpaired) electrons. The molecule has 1 aromatic carbocycles. The molecule has 0 spiro atoms. The van der Waals surface area contributed by atoms with Crippen molar-refractivity contribution in [2.75, 3.05) is 27.3 Å². The van der Waals surface area contributed by atoms with Crippen LogP contribution >= 0.6 is 0 Å². The SMILES string of the molecule is COCCCN(C)Cc1cccc(C(=N)N)c1F. The van der Waals surface area contributed by atoms with Gasteiger partial charge in [0.25, 0.3) is 0 Å². The Hall–Kier alpha value is -1.46. The third kappa shape index (κ3) is 4.09. The number of hydrogen-bond acceptors (Lipinski definition) is 3. The molecular formula is C13H20FN3O. The van der Waals surface area contributed by atoms with E-state index >= 15 is 0 Å². The molecule has 3 N–H and O–H groups in total. The standard InChI is InChI=1S/C13H20FN3O/c1-17(7-4-8-18-2)9-10-5-3-6-11(12(10)14)13(15)16/h3,5-6H,4,7-9H2,1-2H3,(H3,15,16). The first-order valence-corrected chi connectivity index (χ1v) is 5.85. The molecule has 1 rings (SSSR count). The van der Waals surface area contributed by atoms with Crippen molar-refractivity contribution in [2.45, 2.75) is 13.0 Å². The van der Waals surface area contributed by atoms with E-state index < -0.39 is 5.82 Å². The van der Waals surface area contributed by atoms with Gasteiger partial charge in [-0.05, 0) is 19.5 Å². The molecule has 4 nitrogen and oxygen atoms in total. The molecule has 0 amide bonds. The van der Waals surface area contributed by atoms with Crippen LogP contribution in [0.25, 0.3) is 0 Å². The van der Waals surface area contributed by atoms with E-state index in [-0.39, 0.29) is 11.4 Å². The zero-order valence-electron chi connectivity index (χ0n) is 10.9. The molecule has 0 aliphatic carbocycles. The Bertz CT molecular complexity index is 409. The number of nitrogens with zero attached hydrogens (tertiary/aromatic N) is 1. The average Bonchev–Trinajstić information content (AvgIpc) is 2.32. The second-order valence-electron chi connectivity index (χ2n) is 4.28. The van der Waals surface area contributed by atoms with Crippen molar-refractivity contribution >= 4 is 5.84 Å². The van der Waals surface area contributed by atoms with Gasteiger partial charge in [-0.3, -0.25) is 5.41 Å². The summed E-state index contributed by atoms with van der Waals surface area (Å²) in [5.74, 6) is -0.639. The highest BCUT2D eigenvalue weighted by molar-refractivity contribution is 5.95. The van der Waals surface area contributed by atoms with Crippen molar-refractivity contribution in [1.29, 1.82) is 5.41 Å². The molecule has 0 aliphatic heterocycles. The zero-order chi connectivity index (χ0) is 13.5. The number of nitrogens with one attached hydrogen (secondary N) is 1. The monoisotopic (exact) mass is 253 g/mol. The predicted octanol–water partition coefficient (Wildman–Crippen LogP) is 1.58. The molecule has 1 aromatic rings. The molecule has 18 heavy (non-hydrogen) atoms. The Morgan fingerprint density at radius 2 is 2.22 bits per heavy atom. The molecule has 0 atom stereocenters. The molecule has 5 heteroatoms. The van der Waals surface area contributed by atoms with Crippen molar-refractivity contribution in [2.24, 2.45) is 5.73 Å². The van der Waals surface area contributed by atoms with Gasteiger partial charge in [-0.2, -0.15) is 0 Å². The van der Waals surface area contributed by atoms with Gasteiger partial charge in [-0.15, -0.1) is 0 Å². The second-order valence-corrected chi connectivity index (χ2v) is 4.28. The van der Waals surface area contributed by atoms with Crippen LogP contribution in [0.1, 0.15) is 17.5 Å². The third-order valence-corrected chi connectivity index (χ3v) is 2.70. The van der Waals surface area contributed by atoms with Gasteiger partial charge in [0, 0.05) is 32.4 Å². The van der Waals surface area contributed by atoms with Crippen LogP contribution in [0, 0.1) is 11.2 Å². The number of methoxy groups -OCH3 is 1. The Labute approximate surface area is 107 Å². The number of hydrogen-bond donors (Lipinski definition) is 2. The Balaban J connectivity index is 2.67. The number of rotatable bonds is 7. The summed E-state index contributed by atoms with van der Waals surface area (Å²) in [5, 5.41) is 7.30. The number of benzene rings is 1. The first-order valence-electron chi connectivity index (χ1n) is 5.85. The van der Waals surface area contributed by atoms with E-state index in [1.165, 1.54) is 6.07 Å². The fourth-order valence-electron chi connectivity index (χ4n) is 1.76.